The van der Waals surface area contributed by atoms with Crippen molar-refractivity contribution < 1.29 is 19.0 Å². The monoisotopic (exact) mass is 265 g/mol. The van der Waals surface area contributed by atoms with E-state index in [1.165, 1.54) is 7.11 Å². The van der Waals surface area contributed by atoms with Crippen molar-refractivity contribution in [3.05, 3.63) is 36.4 Å². The zero-order valence-corrected chi connectivity index (χ0v) is 11.2. The number of carbonyl (C=O) groups is 1. The normalized spacial score (nSPS) is 11.7. The summed E-state index contributed by atoms with van der Waals surface area (Å²) in [5.41, 5.74) is 6.58. The lowest BCUT2D eigenvalue weighted by molar-refractivity contribution is -0.148. The van der Waals surface area contributed by atoms with E-state index < -0.39 is 12.1 Å². The summed E-state index contributed by atoms with van der Waals surface area (Å²) in [6, 6.07) is 6.97. The van der Waals surface area contributed by atoms with Gasteiger partial charge in [0.15, 0.2) is 6.10 Å². The molecule has 0 spiro atoms. The molecule has 104 valence electrons. The summed E-state index contributed by atoms with van der Waals surface area (Å²) in [7, 11) is 1.53. The van der Waals surface area contributed by atoms with E-state index in [0.717, 1.165) is 0 Å². The number of hydrogen-bond donors (Lipinski definition) is 1. The van der Waals surface area contributed by atoms with Gasteiger partial charge >= 0.3 is 5.97 Å². The van der Waals surface area contributed by atoms with Gasteiger partial charge in [-0.25, -0.2) is 4.79 Å². The highest BCUT2D eigenvalue weighted by Crippen LogP contribution is 2.14. The highest BCUT2D eigenvalue weighted by Gasteiger charge is 2.15. The van der Waals surface area contributed by atoms with Gasteiger partial charge in [-0.1, -0.05) is 6.58 Å². The fourth-order valence-corrected chi connectivity index (χ4v) is 1.31. The first-order valence-electron chi connectivity index (χ1n) is 5.86. The molecule has 0 aliphatic heterocycles. The predicted molar refractivity (Wildman–Crippen MR) is 72.9 cm³/mol. The molecule has 1 rings (SSSR count). The van der Waals surface area contributed by atoms with Gasteiger partial charge < -0.3 is 19.9 Å². The number of ether oxygens (including phenoxy) is 3. The van der Waals surface area contributed by atoms with Crippen LogP contribution in [-0.4, -0.2) is 32.4 Å². The van der Waals surface area contributed by atoms with Gasteiger partial charge in [0, 0.05) is 18.4 Å². The standard InChI is InChI=1S/C14H19NO4/c1-10(2)14(16)19-13(8-17-3)9-18-12-6-4-11(15)5-7-12/h4-7,13H,1,8-9,15H2,2-3H3. The molecule has 0 aliphatic carbocycles. The van der Waals surface area contributed by atoms with E-state index in [1.807, 2.05) is 0 Å². The highest BCUT2D eigenvalue weighted by molar-refractivity contribution is 5.87. The maximum Gasteiger partial charge on any atom is 0.333 e. The van der Waals surface area contributed by atoms with E-state index in [1.54, 1.807) is 31.2 Å². The second-order valence-corrected chi connectivity index (χ2v) is 4.14. The third-order valence-electron chi connectivity index (χ3n) is 2.29. The Morgan fingerprint density at radius 1 is 1.32 bits per heavy atom. The number of nitrogens with two attached hydrogens (primary N) is 1. The summed E-state index contributed by atoms with van der Waals surface area (Å²) < 4.78 is 15.7. The third kappa shape index (κ3) is 5.44. The molecule has 1 aromatic carbocycles. The zero-order valence-electron chi connectivity index (χ0n) is 11.2. The minimum atomic E-state index is -0.480. The molecule has 0 aliphatic rings. The van der Waals surface area contributed by atoms with E-state index >= 15 is 0 Å². The maximum atomic E-state index is 11.4. The van der Waals surface area contributed by atoms with Crippen LogP contribution in [0.3, 0.4) is 0 Å². The molecule has 0 radical (unpaired) electrons. The average molecular weight is 265 g/mol. The lowest BCUT2D eigenvalue weighted by atomic mass is 10.3. The molecule has 0 aromatic heterocycles. The number of rotatable bonds is 7. The van der Waals surface area contributed by atoms with E-state index in [9.17, 15) is 4.79 Å². The summed E-state index contributed by atoms with van der Waals surface area (Å²) in [6.45, 7) is 5.58. The highest BCUT2D eigenvalue weighted by atomic mass is 16.6. The van der Waals surface area contributed by atoms with Crippen LogP contribution in [0.15, 0.2) is 36.4 Å². The first kappa shape index (κ1) is 15.0. The van der Waals surface area contributed by atoms with Gasteiger partial charge in [-0.3, -0.25) is 0 Å². The number of anilines is 1. The van der Waals surface area contributed by atoms with Crippen LogP contribution < -0.4 is 10.5 Å². The number of carbonyl (C=O) groups excluding carboxylic acids is 1. The zero-order chi connectivity index (χ0) is 14.3. The third-order valence-corrected chi connectivity index (χ3v) is 2.29. The van der Waals surface area contributed by atoms with Crippen molar-refractivity contribution in [1.82, 2.24) is 0 Å². The van der Waals surface area contributed by atoms with E-state index in [-0.39, 0.29) is 13.2 Å². The van der Waals surface area contributed by atoms with Gasteiger partial charge in [-0.15, -0.1) is 0 Å². The van der Waals surface area contributed by atoms with Crippen LogP contribution in [-0.2, 0) is 14.3 Å². The van der Waals surface area contributed by atoms with Crippen molar-refractivity contribution in [1.29, 1.82) is 0 Å². The van der Waals surface area contributed by atoms with Gasteiger partial charge in [0.05, 0.1) is 6.61 Å². The van der Waals surface area contributed by atoms with Crippen LogP contribution >= 0.6 is 0 Å². The predicted octanol–water partition coefficient (Wildman–Crippen LogP) is 1.78. The first-order valence-corrected chi connectivity index (χ1v) is 5.86. The van der Waals surface area contributed by atoms with E-state index in [0.29, 0.717) is 17.0 Å². The molecule has 0 saturated carbocycles. The summed E-state index contributed by atoms with van der Waals surface area (Å²) in [5.74, 6) is 0.199. The van der Waals surface area contributed by atoms with Crippen LogP contribution in [0, 0.1) is 0 Å². The molecule has 19 heavy (non-hydrogen) atoms. The van der Waals surface area contributed by atoms with E-state index in [4.69, 9.17) is 19.9 Å². The fourth-order valence-electron chi connectivity index (χ4n) is 1.31. The van der Waals surface area contributed by atoms with E-state index in [2.05, 4.69) is 6.58 Å². The number of benzene rings is 1. The van der Waals surface area contributed by atoms with Crippen molar-refractivity contribution in [2.24, 2.45) is 0 Å². The molecule has 0 saturated heterocycles. The molecule has 2 N–H and O–H groups in total. The van der Waals surface area contributed by atoms with Crippen molar-refractivity contribution >= 4 is 11.7 Å². The fraction of sp³-hybridized carbons (Fsp3) is 0.357. The molecule has 1 aromatic rings. The van der Waals surface area contributed by atoms with Gasteiger partial charge in [0.25, 0.3) is 0 Å². The largest absolute Gasteiger partial charge is 0.490 e. The number of methoxy groups -OCH3 is 1. The minimum Gasteiger partial charge on any atom is -0.490 e. The van der Waals surface area contributed by atoms with Crippen molar-refractivity contribution in [2.75, 3.05) is 26.1 Å². The molecule has 1 unspecified atom stereocenters. The van der Waals surface area contributed by atoms with Crippen molar-refractivity contribution in [3.63, 3.8) is 0 Å². The summed E-state index contributed by atoms with van der Waals surface area (Å²) >= 11 is 0. The van der Waals surface area contributed by atoms with Crippen LogP contribution in [0.1, 0.15) is 6.92 Å². The molecule has 0 bridgehead atoms. The van der Waals surface area contributed by atoms with Crippen molar-refractivity contribution in [2.45, 2.75) is 13.0 Å². The minimum absolute atomic E-state index is 0.205. The lowest BCUT2D eigenvalue weighted by Crippen LogP contribution is -2.29. The second kappa shape index (κ2) is 7.43. The lowest BCUT2D eigenvalue weighted by Gasteiger charge is -2.17. The van der Waals surface area contributed by atoms with Gasteiger partial charge in [0.2, 0.25) is 0 Å². The smallest absolute Gasteiger partial charge is 0.333 e. The van der Waals surface area contributed by atoms with Crippen molar-refractivity contribution in [3.8, 4) is 5.75 Å². The van der Waals surface area contributed by atoms with Crippen LogP contribution in [0.5, 0.6) is 5.75 Å². The number of esters is 1. The van der Waals surface area contributed by atoms with Gasteiger partial charge in [0.1, 0.15) is 12.4 Å². The molecule has 5 nitrogen and oxygen atoms in total. The molecular formula is C14H19NO4. The molecule has 5 heteroatoms. The molecular weight excluding hydrogens is 246 g/mol. The average Bonchev–Trinajstić information content (AvgIpc) is 2.37. The Hall–Kier alpha value is -2.01. The SMILES string of the molecule is C=C(C)C(=O)OC(COC)COc1ccc(N)cc1. The number of nitrogen functional groups attached to an aromatic ring is 1. The molecule has 0 heterocycles. The Morgan fingerprint density at radius 2 is 1.95 bits per heavy atom. The van der Waals surface area contributed by atoms with Crippen LogP contribution in [0.4, 0.5) is 5.69 Å². The molecule has 0 amide bonds. The molecule has 0 fully saturated rings. The second-order valence-electron chi connectivity index (χ2n) is 4.14. The topological polar surface area (TPSA) is 70.8 Å². The Bertz CT molecular complexity index is 428. The van der Waals surface area contributed by atoms with Crippen LogP contribution in [0.2, 0.25) is 0 Å². The molecule has 1 atom stereocenters. The quantitative estimate of drug-likeness (QED) is 0.462. The Labute approximate surface area is 113 Å². The van der Waals surface area contributed by atoms with Gasteiger partial charge in [-0.05, 0) is 31.2 Å². The first-order chi connectivity index (χ1) is 9.02. The Morgan fingerprint density at radius 3 is 2.47 bits per heavy atom. The number of hydrogen-bond acceptors (Lipinski definition) is 5. The Kier molecular flexibility index (Phi) is 5.89. The van der Waals surface area contributed by atoms with Gasteiger partial charge in [-0.2, -0.15) is 0 Å². The summed E-state index contributed by atoms with van der Waals surface area (Å²) in [5, 5.41) is 0. The maximum absolute atomic E-state index is 11.4. The Balaban J connectivity index is 2.51. The van der Waals surface area contributed by atoms with Crippen LogP contribution in [0.25, 0.3) is 0 Å². The summed E-state index contributed by atoms with van der Waals surface area (Å²) in [4.78, 5) is 11.4. The summed E-state index contributed by atoms with van der Waals surface area (Å²) in [6.07, 6.45) is -0.480.